The van der Waals surface area contributed by atoms with Crippen LogP contribution in [0.25, 0.3) is 0 Å². The van der Waals surface area contributed by atoms with E-state index < -0.39 is 17.1 Å². The third-order valence-corrected chi connectivity index (χ3v) is 4.75. The van der Waals surface area contributed by atoms with Gasteiger partial charge in [-0.2, -0.15) is 0 Å². The molecule has 2 aliphatic rings. The Morgan fingerprint density at radius 2 is 2.20 bits per heavy atom. The zero-order valence-electron chi connectivity index (χ0n) is 11.3. The molecule has 2 heterocycles. The summed E-state index contributed by atoms with van der Waals surface area (Å²) in [5.41, 5.74) is 0.329. The summed E-state index contributed by atoms with van der Waals surface area (Å²) < 4.78 is 5.54. The van der Waals surface area contributed by atoms with Gasteiger partial charge in [0.15, 0.2) is 5.78 Å². The summed E-state index contributed by atoms with van der Waals surface area (Å²) in [6, 6.07) is 3.67. The monoisotopic (exact) mass is 293 g/mol. The van der Waals surface area contributed by atoms with Gasteiger partial charge in [0.05, 0.1) is 10.5 Å². The smallest absolute Gasteiger partial charge is 0.365 e. The van der Waals surface area contributed by atoms with Crippen molar-refractivity contribution in [2.24, 2.45) is 5.41 Å². The maximum atomic E-state index is 12.4. The molecule has 1 aromatic rings. The van der Waals surface area contributed by atoms with Crippen molar-refractivity contribution in [3.8, 4) is 0 Å². The van der Waals surface area contributed by atoms with Gasteiger partial charge < -0.3 is 4.74 Å². The summed E-state index contributed by atoms with van der Waals surface area (Å²) in [5.74, 6) is -0.0473. The standard InChI is InChI=1S/C14H15NO4S/c1-14(2)6-8(16)11-9(7-14)19-13(15(17)18)12(11)10-4-3-5-20-10/h3-5,12-13H,6-7H2,1-2H3. The summed E-state index contributed by atoms with van der Waals surface area (Å²) >= 11 is 1.43. The average molecular weight is 293 g/mol. The first-order valence-electron chi connectivity index (χ1n) is 6.49. The lowest BCUT2D eigenvalue weighted by molar-refractivity contribution is -0.570. The van der Waals surface area contributed by atoms with E-state index in [2.05, 4.69) is 0 Å². The Morgan fingerprint density at radius 1 is 1.45 bits per heavy atom. The third kappa shape index (κ3) is 2.04. The predicted molar refractivity (Wildman–Crippen MR) is 74.0 cm³/mol. The van der Waals surface area contributed by atoms with Crippen LogP contribution in [0.2, 0.25) is 0 Å². The Kier molecular flexibility index (Phi) is 2.93. The Bertz CT molecular complexity index is 603. The van der Waals surface area contributed by atoms with Gasteiger partial charge in [-0.05, 0) is 16.9 Å². The van der Waals surface area contributed by atoms with E-state index in [1.54, 1.807) is 0 Å². The van der Waals surface area contributed by atoms with Gasteiger partial charge in [0, 0.05) is 17.7 Å². The highest BCUT2D eigenvalue weighted by atomic mass is 32.1. The van der Waals surface area contributed by atoms with Crippen molar-refractivity contribution < 1.29 is 14.5 Å². The van der Waals surface area contributed by atoms with Crippen molar-refractivity contribution in [2.75, 3.05) is 0 Å². The van der Waals surface area contributed by atoms with Crippen LogP contribution in [-0.4, -0.2) is 16.9 Å². The Hall–Kier alpha value is -1.69. The van der Waals surface area contributed by atoms with Crippen molar-refractivity contribution in [1.29, 1.82) is 0 Å². The van der Waals surface area contributed by atoms with E-state index in [4.69, 9.17) is 4.74 Å². The van der Waals surface area contributed by atoms with Gasteiger partial charge >= 0.3 is 6.23 Å². The van der Waals surface area contributed by atoms with Crippen LogP contribution in [0.15, 0.2) is 28.8 Å². The molecule has 0 aromatic carbocycles. The lowest BCUT2D eigenvalue weighted by atomic mass is 9.74. The number of nitro groups is 1. The number of Topliss-reactive ketones (excluding diaryl/α,β-unsaturated/α-hetero) is 1. The number of ether oxygens (including phenoxy) is 1. The highest BCUT2D eigenvalue weighted by Gasteiger charge is 2.52. The minimum Gasteiger partial charge on any atom is -0.433 e. The van der Waals surface area contributed by atoms with Crippen LogP contribution in [0.3, 0.4) is 0 Å². The number of carbonyl (C=O) groups excluding carboxylic acids is 1. The Labute approximate surface area is 120 Å². The molecule has 0 spiro atoms. The van der Waals surface area contributed by atoms with Crippen molar-refractivity contribution in [3.05, 3.63) is 43.8 Å². The SMILES string of the molecule is CC1(C)CC(=O)C2=C(C1)OC([N+](=O)[O-])C2c1cccs1. The molecule has 0 fully saturated rings. The molecule has 5 nitrogen and oxygen atoms in total. The molecule has 1 aromatic heterocycles. The van der Waals surface area contributed by atoms with E-state index >= 15 is 0 Å². The van der Waals surface area contributed by atoms with Crippen molar-refractivity contribution in [3.63, 3.8) is 0 Å². The molecular weight excluding hydrogens is 278 g/mol. The van der Waals surface area contributed by atoms with Crippen LogP contribution >= 0.6 is 11.3 Å². The molecule has 0 saturated heterocycles. The Morgan fingerprint density at radius 3 is 2.80 bits per heavy atom. The number of thiophene rings is 1. The van der Waals surface area contributed by atoms with Crippen LogP contribution in [0.1, 0.15) is 37.5 Å². The maximum Gasteiger partial charge on any atom is 0.365 e. The van der Waals surface area contributed by atoms with Crippen LogP contribution in [0.5, 0.6) is 0 Å². The topological polar surface area (TPSA) is 69.4 Å². The molecular formula is C14H15NO4S. The summed E-state index contributed by atoms with van der Waals surface area (Å²) in [7, 11) is 0. The number of allylic oxidation sites excluding steroid dienone is 1. The van der Waals surface area contributed by atoms with E-state index in [9.17, 15) is 14.9 Å². The highest BCUT2D eigenvalue weighted by Crippen LogP contribution is 2.49. The average Bonchev–Trinajstić information content (AvgIpc) is 2.91. The summed E-state index contributed by atoms with van der Waals surface area (Å²) in [4.78, 5) is 24.1. The van der Waals surface area contributed by atoms with E-state index in [1.807, 2.05) is 31.4 Å². The second-order valence-corrected chi connectivity index (χ2v) is 7.04. The normalized spacial score (nSPS) is 28.2. The summed E-state index contributed by atoms with van der Waals surface area (Å²) in [5, 5.41) is 13.1. The molecule has 20 heavy (non-hydrogen) atoms. The first-order valence-corrected chi connectivity index (χ1v) is 7.37. The molecule has 6 heteroatoms. The molecule has 0 radical (unpaired) electrons. The maximum absolute atomic E-state index is 12.4. The fourth-order valence-electron chi connectivity index (χ4n) is 3.00. The number of hydrogen-bond donors (Lipinski definition) is 0. The fourth-order valence-corrected chi connectivity index (χ4v) is 3.85. The van der Waals surface area contributed by atoms with Gasteiger partial charge in [-0.1, -0.05) is 19.9 Å². The number of hydrogen-bond acceptors (Lipinski definition) is 5. The number of rotatable bonds is 2. The zero-order chi connectivity index (χ0) is 14.5. The van der Waals surface area contributed by atoms with Gasteiger partial charge in [0.1, 0.15) is 11.7 Å². The van der Waals surface area contributed by atoms with Gasteiger partial charge in [-0.25, -0.2) is 0 Å². The van der Waals surface area contributed by atoms with Crippen molar-refractivity contribution >= 4 is 17.1 Å². The van der Waals surface area contributed by atoms with E-state index in [-0.39, 0.29) is 11.2 Å². The largest absolute Gasteiger partial charge is 0.433 e. The molecule has 0 saturated carbocycles. The Balaban J connectivity index is 2.07. The van der Waals surface area contributed by atoms with Crippen LogP contribution in [0, 0.1) is 15.5 Å². The van der Waals surface area contributed by atoms with Crippen molar-refractivity contribution in [1.82, 2.24) is 0 Å². The molecule has 0 N–H and O–H groups in total. The lowest BCUT2D eigenvalue weighted by Crippen LogP contribution is -2.28. The number of ketones is 1. The van der Waals surface area contributed by atoms with Crippen LogP contribution in [-0.2, 0) is 9.53 Å². The molecule has 1 aliphatic carbocycles. The minimum atomic E-state index is -1.17. The summed E-state index contributed by atoms with van der Waals surface area (Å²) in [6.07, 6.45) is -0.168. The number of carbonyl (C=O) groups is 1. The zero-order valence-corrected chi connectivity index (χ0v) is 12.1. The molecule has 106 valence electrons. The quantitative estimate of drug-likeness (QED) is 0.620. The molecule has 0 amide bonds. The molecule has 3 rings (SSSR count). The molecule has 2 unspecified atom stereocenters. The highest BCUT2D eigenvalue weighted by molar-refractivity contribution is 7.10. The van der Waals surface area contributed by atoms with Crippen LogP contribution < -0.4 is 0 Å². The van der Waals surface area contributed by atoms with Gasteiger partial charge in [-0.3, -0.25) is 14.9 Å². The van der Waals surface area contributed by atoms with Gasteiger partial charge in [-0.15, -0.1) is 11.3 Å². The minimum absolute atomic E-state index is 0.0148. The second kappa shape index (κ2) is 4.41. The van der Waals surface area contributed by atoms with E-state index in [0.29, 0.717) is 24.2 Å². The molecule has 0 bridgehead atoms. The second-order valence-electron chi connectivity index (χ2n) is 6.06. The fraction of sp³-hybridized carbons (Fsp3) is 0.500. The van der Waals surface area contributed by atoms with Gasteiger partial charge in [0.2, 0.25) is 0 Å². The van der Waals surface area contributed by atoms with Crippen LogP contribution in [0.4, 0.5) is 0 Å². The first-order chi connectivity index (χ1) is 9.39. The predicted octanol–water partition coefficient (Wildman–Crippen LogP) is 3.11. The number of nitrogens with zero attached hydrogens (tertiary/aromatic N) is 1. The molecule has 2 atom stereocenters. The van der Waals surface area contributed by atoms with E-state index in [1.165, 1.54) is 11.3 Å². The molecule has 1 aliphatic heterocycles. The third-order valence-electron chi connectivity index (χ3n) is 3.80. The lowest BCUT2D eigenvalue weighted by Gasteiger charge is -2.28. The van der Waals surface area contributed by atoms with Gasteiger partial charge in [0.25, 0.3) is 0 Å². The van der Waals surface area contributed by atoms with Crippen molar-refractivity contribution in [2.45, 2.75) is 38.8 Å². The summed E-state index contributed by atoms with van der Waals surface area (Å²) in [6.45, 7) is 3.97. The van der Waals surface area contributed by atoms with E-state index in [0.717, 1.165) is 4.88 Å². The first kappa shape index (κ1) is 13.3.